The predicted octanol–water partition coefficient (Wildman–Crippen LogP) is 2.86. The molecule has 138 valence electrons. The molecule has 0 bridgehead atoms. The number of benzene rings is 1. The minimum absolute atomic E-state index is 0.447. The lowest BCUT2D eigenvalue weighted by Crippen LogP contribution is -1.97. The Hall–Kier alpha value is -3.83. The van der Waals surface area contributed by atoms with E-state index in [1.54, 1.807) is 0 Å². The van der Waals surface area contributed by atoms with Crippen LogP contribution in [0.2, 0.25) is 0 Å². The molecule has 12 heteroatoms. The van der Waals surface area contributed by atoms with Crippen molar-refractivity contribution in [2.75, 3.05) is 12.4 Å². The molecule has 12 nitrogen and oxygen atoms in total. The monoisotopic (exact) mass is 365 g/mol. The largest absolute Gasteiger partial charge is 0.497 e. The first-order valence-corrected chi connectivity index (χ1v) is 7.00. The van der Waals surface area contributed by atoms with Gasteiger partial charge < -0.3 is 10.4 Å². The summed E-state index contributed by atoms with van der Waals surface area (Å²) in [6.45, 7) is 4.06. The van der Waals surface area contributed by atoms with Crippen molar-refractivity contribution in [3.63, 3.8) is 0 Å². The number of pyridine rings is 1. The molecule has 2 N–H and O–H groups in total. The molecular formula is C14H15N5O7. The normalized spacial score (nSPS) is 9.65. The lowest BCUT2D eigenvalue weighted by atomic mass is 10.2. The summed E-state index contributed by atoms with van der Waals surface area (Å²) in [6, 6.07) is 4.97. The van der Waals surface area contributed by atoms with Crippen LogP contribution in [0.25, 0.3) is 0 Å². The highest BCUT2D eigenvalue weighted by Crippen LogP contribution is 2.38. The third-order valence-corrected chi connectivity index (χ3v) is 3.01. The molecule has 0 fully saturated rings. The Morgan fingerprint density at radius 2 is 1.42 bits per heavy atom. The molecule has 0 spiro atoms. The zero-order chi connectivity index (χ0) is 20.0. The number of hydrogen-bond acceptors (Lipinski definition) is 9. The summed E-state index contributed by atoms with van der Waals surface area (Å²) in [4.78, 5) is 32.0. The lowest BCUT2D eigenvalue weighted by Gasteiger charge is -2.01. The molecule has 2 rings (SSSR count). The second-order valence-electron chi connectivity index (χ2n) is 5.03. The SMILES string of the molecule is CNc1cc(C)cc(C)n1.O=[N+]([O-])c1cc([N+](=O)[O-])c(O)c([N+](=O)[O-])c1. The van der Waals surface area contributed by atoms with E-state index < -0.39 is 37.6 Å². The smallest absolute Gasteiger partial charge is 0.324 e. The lowest BCUT2D eigenvalue weighted by molar-refractivity contribution is -0.404. The molecule has 26 heavy (non-hydrogen) atoms. The fraction of sp³-hybridized carbons (Fsp3) is 0.214. The molecular weight excluding hydrogens is 350 g/mol. The van der Waals surface area contributed by atoms with Crippen LogP contribution in [0.1, 0.15) is 11.3 Å². The van der Waals surface area contributed by atoms with E-state index in [0.29, 0.717) is 12.1 Å². The highest BCUT2D eigenvalue weighted by Gasteiger charge is 2.30. The van der Waals surface area contributed by atoms with E-state index in [4.69, 9.17) is 5.11 Å². The molecule has 1 aromatic carbocycles. The van der Waals surface area contributed by atoms with Gasteiger partial charge in [0.05, 0.1) is 26.9 Å². The van der Waals surface area contributed by atoms with Crippen molar-refractivity contribution >= 4 is 22.9 Å². The molecule has 0 saturated carbocycles. The van der Waals surface area contributed by atoms with Gasteiger partial charge in [-0.05, 0) is 31.5 Å². The molecule has 0 saturated heterocycles. The van der Waals surface area contributed by atoms with Crippen LogP contribution in [-0.4, -0.2) is 31.9 Å². The topological polar surface area (TPSA) is 175 Å². The number of phenols is 1. The standard InChI is InChI=1S/C8H12N2.C6H3N3O7/c1-6-4-7(2)10-8(5-6)9-3;10-6-4(8(13)14)1-3(7(11)12)2-5(6)9(15)16/h4-5H,1-3H3,(H,9,10);1-2,10H. The molecule has 0 radical (unpaired) electrons. The number of aromatic hydroxyl groups is 1. The van der Waals surface area contributed by atoms with Crippen LogP contribution in [-0.2, 0) is 0 Å². The van der Waals surface area contributed by atoms with Crippen molar-refractivity contribution in [2.45, 2.75) is 13.8 Å². The van der Waals surface area contributed by atoms with E-state index in [1.807, 2.05) is 20.0 Å². The van der Waals surface area contributed by atoms with Crippen molar-refractivity contribution in [2.24, 2.45) is 0 Å². The number of aromatic nitrogens is 1. The van der Waals surface area contributed by atoms with E-state index in [2.05, 4.69) is 23.3 Å². The van der Waals surface area contributed by atoms with E-state index in [-0.39, 0.29) is 0 Å². The first-order valence-electron chi connectivity index (χ1n) is 7.00. The first kappa shape index (κ1) is 20.2. The van der Waals surface area contributed by atoms with Gasteiger partial charge in [-0.15, -0.1) is 0 Å². The molecule has 1 aromatic heterocycles. The Morgan fingerprint density at radius 3 is 1.77 bits per heavy atom. The number of phenolic OH excluding ortho intramolecular Hbond substituents is 1. The third-order valence-electron chi connectivity index (χ3n) is 3.01. The first-order chi connectivity index (χ1) is 12.1. The maximum atomic E-state index is 10.4. The Labute approximate surface area is 146 Å². The van der Waals surface area contributed by atoms with Gasteiger partial charge >= 0.3 is 11.4 Å². The van der Waals surface area contributed by atoms with Gasteiger partial charge in [0, 0.05) is 12.7 Å². The minimum atomic E-state index is -1.21. The zero-order valence-corrected chi connectivity index (χ0v) is 14.0. The van der Waals surface area contributed by atoms with Gasteiger partial charge in [-0.25, -0.2) is 4.98 Å². The van der Waals surface area contributed by atoms with E-state index >= 15 is 0 Å². The zero-order valence-electron chi connectivity index (χ0n) is 14.0. The highest BCUT2D eigenvalue weighted by atomic mass is 16.6. The Kier molecular flexibility index (Phi) is 6.47. The summed E-state index contributed by atoms with van der Waals surface area (Å²) in [6.07, 6.45) is 0. The average Bonchev–Trinajstić information content (AvgIpc) is 2.53. The number of nitro groups is 3. The van der Waals surface area contributed by atoms with Gasteiger partial charge in [-0.1, -0.05) is 0 Å². The summed E-state index contributed by atoms with van der Waals surface area (Å²) in [5.74, 6) is -0.266. The maximum Gasteiger partial charge on any atom is 0.324 e. The van der Waals surface area contributed by atoms with Crippen molar-refractivity contribution in [1.29, 1.82) is 0 Å². The van der Waals surface area contributed by atoms with Gasteiger partial charge in [0.2, 0.25) is 0 Å². The number of nitrogens with one attached hydrogen (secondary N) is 1. The van der Waals surface area contributed by atoms with E-state index in [9.17, 15) is 30.3 Å². The Morgan fingerprint density at radius 1 is 0.923 bits per heavy atom. The van der Waals surface area contributed by atoms with E-state index in [1.165, 1.54) is 5.56 Å². The number of anilines is 1. The maximum absolute atomic E-state index is 10.4. The van der Waals surface area contributed by atoms with Gasteiger partial charge in [0.25, 0.3) is 11.4 Å². The van der Waals surface area contributed by atoms with Crippen LogP contribution in [0.4, 0.5) is 22.9 Å². The molecule has 2 aromatic rings. The van der Waals surface area contributed by atoms with Crippen molar-refractivity contribution in [1.82, 2.24) is 4.98 Å². The van der Waals surface area contributed by atoms with Gasteiger partial charge in [-0.3, -0.25) is 30.3 Å². The van der Waals surface area contributed by atoms with Gasteiger partial charge in [0.15, 0.2) is 0 Å². The average molecular weight is 365 g/mol. The van der Waals surface area contributed by atoms with Gasteiger partial charge in [-0.2, -0.15) is 0 Å². The highest BCUT2D eigenvalue weighted by molar-refractivity contribution is 5.64. The summed E-state index contributed by atoms with van der Waals surface area (Å²) in [5, 5.41) is 43.2. The number of nitrogens with zero attached hydrogens (tertiary/aromatic N) is 4. The molecule has 0 unspecified atom stereocenters. The summed E-state index contributed by atoms with van der Waals surface area (Å²) in [7, 11) is 1.88. The number of nitro benzene ring substituents is 3. The fourth-order valence-corrected chi connectivity index (χ4v) is 1.94. The molecule has 1 heterocycles. The minimum Gasteiger partial charge on any atom is -0.497 e. The van der Waals surface area contributed by atoms with Crippen molar-refractivity contribution in [3.05, 3.63) is 65.9 Å². The predicted molar refractivity (Wildman–Crippen MR) is 91.3 cm³/mol. The Bertz CT molecular complexity index is 814. The van der Waals surface area contributed by atoms with Crippen LogP contribution in [0.5, 0.6) is 5.75 Å². The van der Waals surface area contributed by atoms with Crippen LogP contribution in [0.15, 0.2) is 24.3 Å². The quantitative estimate of drug-likeness (QED) is 0.609. The van der Waals surface area contributed by atoms with Crippen LogP contribution < -0.4 is 5.32 Å². The fourth-order valence-electron chi connectivity index (χ4n) is 1.94. The number of rotatable bonds is 4. The molecule has 0 aliphatic rings. The van der Waals surface area contributed by atoms with Crippen LogP contribution in [0.3, 0.4) is 0 Å². The Balaban J connectivity index is 0.000000289. The summed E-state index contributed by atoms with van der Waals surface area (Å²) in [5.41, 5.74) is -0.695. The van der Waals surface area contributed by atoms with Crippen molar-refractivity contribution in [3.8, 4) is 5.75 Å². The third kappa shape index (κ3) is 5.09. The number of non-ortho nitro benzene ring substituents is 1. The van der Waals surface area contributed by atoms with Gasteiger partial charge in [0.1, 0.15) is 5.82 Å². The van der Waals surface area contributed by atoms with Crippen molar-refractivity contribution < 1.29 is 19.9 Å². The van der Waals surface area contributed by atoms with Crippen LogP contribution in [0, 0.1) is 44.2 Å². The number of hydrogen-bond donors (Lipinski definition) is 2. The second-order valence-corrected chi connectivity index (χ2v) is 5.03. The molecule has 0 aliphatic carbocycles. The summed E-state index contributed by atoms with van der Waals surface area (Å²) >= 11 is 0. The molecule has 0 amide bonds. The van der Waals surface area contributed by atoms with Crippen LogP contribution >= 0.6 is 0 Å². The second kappa shape index (κ2) is 8.32. The number of aryl methyl sites for hydroxylation is 2. The van der Waals surface area contributed by atoms with E-state index in [0.717, 1.165) is 11.5 Å². The molecule has 0 aliphatic heterocycles. The summed E-state index contributed by atoms with van der Waals surface area (Å²) < 4.78 is 0. The molecule has 0 atom stereocenters.